The first kappa shape index (κ1) is 19.2. The van der Waals surface area contributed by atoms with Gasteiger partial charge in [0.25, 0.3) is 0 Å². The van der Waals surface area contributed by atoms with Crippen molar-refractivity contribution in [3.63, 3.8) is 0 Å². The van der Waals surface area contributed by atoms with Crippen LogP contribution in [0.2, 0.25) is 0 Å². The van der Waals surface area contributed by atoms with E-state index in [2.05, 4.69) is 20.6 Å². The van der Waals surface area contributed by atoms with Crippen LogP contribution in [0.3, 0.4) is 0 Å². The minimum absolute atomic E-state index is 0.0421. The highest BCUT2D eigenvalue weighted by atomic mass is 32.2. The Hall–Kier alpha value is -3.79. The summed E-state index contributed by atoms with van der Waals surface area (Å²) in [6.07, 6.45) is 3.50. The number of nitrogens with one attached hydrogen (secondary N) is 1. The highest BCUT2D eigenvalue weighted by Crippen LogP contribution is 2.24. The summed E-state index contributed by atoms with van der Waals surface area (Å²) in [4.78, 5) is 12.2. The molecule has 7 nitrogen and oxygen atoms in total. The van der Waals surface area contributed by atoms with Crippen molar-refractivity contribution in [1.29, 1.82) is 0 Å². The molecule has 5 rings (SSSR count). The first-order valence-corrected chi connectivity index (χ1v) is 10.2. The van der Waals surface area contributed by atoms with Gasteiger partial charge in [-0.05, 0) is 42.5 Å². The van der Waals surface area contributed by atoms with Crippen LogP contribution in [0.4, 0.5) is 14.5 Å². The molecule has 0 saturated carbocycles. The summed E-state index contributed by atoms with van der Waals surface area (Å²) in [6.45, 7) is 0. The topological polar surface area (TPSA) is 76.6 Å². The normalized spacial score (nSPS) is 11.3. The van der Waals surface area contributed by atoms with Crippen molar-refractivity contribution in [2.45, 2.75) is 5.16 Å². The van der Waals surface area contributed by atoms with Gasteiger partial charge in [-0.15, -0.1) is 10.2 Å². The molecular formula is C21H14F2N6OS. The van der Waals surface area contributed by atoms with E-state index in [1.54, 1.807) is 45.6 Å². The van der Waals surface area contributed by atoms with Crippen molar-refractivity contribution in [1.82, 2.24) is 24.2 Å². The van der Waals surface area contributed by atoms with E-state index in [1.165, 1.54) is 36.0 Å². The molecule has 0 bridgehead atoms. The molecule has 1 amide bonds. The smallest absolute Gasteiger partial charge is 0.234 e. The van der Waals surface area contributed by atoms with E-state index >= 15 is 0 Å². The Labute approximate surface area is 178 Å². The second kappa shape index (κ2) is 7.80. The fourth-order valence-corrected chi connectivity index (χ4v) is 3.85. The van der Waals surface area contributed by atoms with Crippen LogP contribution >= 0.6 is 11.8 Å². The summed E-state index contributed by atoms with van der Waals surface area (Å²) < 4.78 is 30.3. The Kier molecular flexibility index (Phi) is 4.83. The zero-order valence-corrected chi connectivity index (χ0v) is 16.7. The highest BCUT2D eigenvalue weighted by molar-refractivity contribution is 7.99. The molecule has 0 unspecified atom stereocenters. The van der Waals surface area contributed by atoms with E-state index in [4.69, 9.17) is 0 Å². The quantitative estimate of drug-likeness (QED) is 0.421. The van der Waals surface area contributed by atoms with E-state index in [1.807, 2.05) is 6.07 Å². The Morgan fingerprint density at radius 1 is 1.03 bits per heavy atom. The van der Waals surface area contributed by atoms with Crippen molar-refractivity contribution in [2.24, 2.45) is 0 Å². The number of para-hydroxylation sites is 1. The molecule has 0 fully saturated rings. The summed E-state index contributed by atoms with van der Waals surface area (Å²) in [5.74, 6) is -1.11. The first-order chi connectivity index (χ1) is 15.1. The van der Waals surface area contributed by atoms with Gasteiger partial charge >= 0.3 is 0 Å². The van der Waals surface area contributed by atoms with Crippen molar-refractivity contribution in [3.8, 4) is 11.3 Å². The highest BCUT2D eigenvalue weighted by Gasteiger charge is 2.14. The fraction of sp³-hybridized carbons (Fsp3) is 0.0476. The molecule has 0 aliphatic heterocycles. The third-order valence-electron chi connectivity index (χ3n) is 4.61. The van der Waals surface area contributed by atoms with Gasteiger partial charge in [-0.2, -0.15) is 5.10 Å². The summed E-state index contributed by atoms with van der Waals surface area (Å²) in [7, 11) is 0. The molecule has 31 heavy (non-hydrogen) atoms. The van der Waals surface area contributed by atoms with Crippen LogP contribution in [0, 0.1) is 11.6 Å². The molecule has 0 aliphatic rings. The number of hydrogen-bond donors (Lipinski definition) is 1. The second-order valence-corrected chi connectivity index (χ2v) is 7.60. The Bertz CT molecular complexity index is 1410. The van der Waals surface area contributed by atoms with Crippen LogP contribution in [-0.4, -0.2) is 35.9 Å². The standard InChI is InChI=1S/C21H14F2N6OS/c22-14-7-5-13(6-8-14)17-11-18-20-25-26-21(28(20)9-10-29(18)27-17)31-12-19(30)24-16-4-2-1-3-15(16)23/h1-11H,12H2,(H,24,30). The van der Waals surface area contributed by atoms with Crippen molar-refractivity contribution < 1.29 is 13.6 Å². The van der Waals surface area contributed by atoms with Gasteiger partial charge < -0.3 is 5.32 Å². The lowest BCUT2D eigenvalue weighted by Gasteiger charge is -2.05. The van der Waals surface area contributed by atoms with Crippen LogP contribution in [-0.2, 0) is 4.79 Å². The molecule has 0 spiro atoms. The van der Waals surface area contributed by atoms with Crippen LogP contribution in [0.5, 0.6) is 0 Å². The molecule has 2 aromatic carbocycles. The Morgan fingerprint density at radius 2 is 1.84 bits per heavy atom. The molecular weight excluding hydrogens is 422 g/mol. The van der Waals surface area contributed by atoms with E-state index in [0.717, 1.165) is 11.1 Å². The minimum atomic E-state index is -0.492. The van der Waals surface area contributed by atoms with Crippen molar-refractivity contribution in [3.05, 3.63) is 78.6 Å². The maximum atomic E-state index is 13.7. The summed E-state index contributed by atoms with van der Waals surface area (Å²) in [5, 5.41) is 16.0. The molecule has 10 heteroatoms. The number of hydrogen-bond acceptors (Lipinski definition) is 5. The molecule has 3 aromatic heterocycles. The van der Waals surface area contributed by atoms with Gasteiger partial charge in [-0.3, -0.25) is 9.20 Å². The SMILES string of the molecule is O=C(CSc1nnc2c3cc(-c4ccc(F)cc4)nn3ccn12)Nc1ccccc1F. The summed E-state index contributed by atoms with van der Waals surface area (Å²) >= 11 is 1.19. The number of rotatable bonds is 5. The van der Waals surface area contributed by atoms with Gasteiger partial charge in [0.05, 0.1) is 17.1 Å². The van der Waals surface area contributed by atoms with Crippen molar-refractivity contribution >= 4 is 34.5 Å². The lowest BCUT2D eigenvalue weighted by Crippen LogP contribution is -2.15. The van der Waals surface area contributed by atoms with E-state index in [-0.39, 0.29) is 23.2 Å². The lowest BCUT2D eigenvalue weighted by molar-refractivity contribution is -0.113. The van der Waals surface area contributed by atoms with E-state index in [0.29, 0.717) is 16.5 Å². The number of nitrogens with zero attached hydrogens (tertiary/aromatic N) is 5. The molecule has 5 aromatic rings. The number of carbonyl (C=O) groups excluding carboxylic acids is 1. The zero-order valence-electron chi connectivity index (χ0n) is 15.9. The Morgan fingerprint density at radius 3 is 2.65 bits per heavy atom. The zero-order chi connectivity index (χ0) is 21.4. The van der Waals surface area contributed by atoms with Gasteiger partial charge in [-0.25, -0.2) is 13.3 Å². The maximum Gasteiger partial charge on any atom is 0.234 e. The lowest BCUT2D eigenvalue weighted by atomic mass is 10.1. The number of halogens is 2. The number of benzene rings is 2. The maximum absolute atomic E-state index is 13.7. The van der Waals surface area contributed by atoms with Crippen LogP contribution < -0.4 is 5.32 Å². The van der Waals surface area contributed by atoms with Gasteiger partial charge in [0, 0.05) is 18.0 Å². The van der Waals surface area contributed by atoms with Gasteiger partial charge in [0.15, 0.2) is 10.8 Å². The van der Waals surface area contributed by atoms with Crippen LogP contribution in [0.1, 0.15) is 0 Å². The number of anilines is 1. The number of thioether (sulfide) groups is 1. The molecule has 0 atom stereocenters. The minimum Gasteiger partial charge on any atom is -0.323 e. The monoisotopic (exact) mass is 436 g/mol. The average Bonchev–Trinajstić information content (AvgIpc) is 3.38. The number of aromatic nitrogens is 5. The molecule has 154 valence electrons. The van der Waals surface area contributed by atoms with Crippen molar-refractivity contribution in [2.75, 3.05) is 11.1 Å². The largest absolute Gasteiger partial charge is 0.323 e. The van der Waals surface area contributed by atoms with Gasteiger partial charge in [0.2, 0.25) is 5.91 Å². The van der Waals surface area contributed by atoms with Crippen LogP contribution in [0.25, 0.3) is 22.4 Å². The summed E-state index contributed by atoms with van der Waals surface area (Å²) in [6, 6.07) is 13.9. The number of amides is 1. The number of fused-ring (bicyclic) bond motifs is 3. The molecule has 3 heterocycles. The molecule has 1 N–H and O–H groups in total. The first-order valence-electron chi connectivity index (χ1n) is 9.25. The number of carbonyl (C=O) groups is 1. The molecule has 0 radical (unpaired) electrons. The van der Waals surface area contributed by atoms with Gasteiger partial charge in [-0.1, -0.05) is 23.9 Å². The third-order valence-corrected chi connectivity index (χ3v) is 5.55. The second-order valence-electron chi connectivity index (χ2n) is 6.66. The summed E-state index contributed by atoms with van der Waals surface area (Å²) in [5.41, 5.74) is 2.88. The Balaban J connectivity index is 1.38. The molecule has 0 saturated heterocycles. The van der Waals surface area contributed by atoms with Crippen LogP contribution in [0.15, 0.2) is 72.1 Å². The van der Waals surface area contributed by atoms with E-state index < -0.39 is 5.82 Å². The predicted octanol–water partition coefficient (Wildman–Crippen LogP) is 4.05. The van der Waals surface area contributed by atoms with E-state index in [9.17, 15) is 13.6 Å². The third kappa shape index (κ3) is 3.73. The van der Waals surface area contributed by atoms with Gasteiger partial charge in [0.1, 0.15) is 17.2 Å². The average molecular weight is 436 g/mol. The fourth-order valence-electron chi connectivity index (χ4n) is 3.13. The molecule has 0 aliphatic carbocycles. The predicted molar refractivity (Wildman–Crippen MR) is 113 cm³/mol.